The van der Waals surface area contributed by atoms with Crippen molar-refractivity contribution in [2.75, 3.05) is 0 Å². The first-order valence-corrected chi connectivity index (χ1v) is 4.22. The third-order valence-corrected chi connectivity index (χ3v) is 1.73. The lowest BCUT2D eigenvalue weighted by Gasteiger charge is -2.03. The maximum atomic E-state index is 11.9. The van der Waals surface area contributed by atoms with Crippen molar-refractivity contribution in [3.63, 3.8) is 0 Å². The van der Waals surface area contributed by atoms with E-state index < -0.39 is 24.2 Å². The summed E-state index contributed by atoms with van der Waals surface area (Å²) in [6.45, 7) is 1.56. The van der Waals surface area contributed by atoms with E-state index >= 15 is 0 Å². The molecular weight excluding hydrogens is 225 g/mol. The van der Waals surface area contributed by atoms with Crippen LogP contribution in [-0.4, -0.2) is 27.7 Å². The largest absolute Gasteiger partial charge is 0.450 e. The Hall–Kier alpha value is -1.79. The zero-order chi connectivity index (χ0) is 12.3. The number of aromatic nitrogens is 2. The second-order valence-corrected chi connectivity index (χ2v) is 3.07. The van der Waals surface area contributed by atoms with Crippen LogP contribution in [0.3, 0.4) is 0 Å². The molecule has 86 valence electrons. The highest BCUT2D eigenvalue weighted by molar-refractivity contribution is 6.08. The molecule has 0 amide bonds. The molecule has 16 heavy (non-hydrogen) atoms. The zero-order valence-corrected chi connectivity index (χ0v) is 8.21. The van der Waals surface area contributed by atoms with Crippen LogP contribution >= 0.6 is 0 Å². The minimum atomic E-state index is -4.99. The summed E-state index contributed by atoms with van der Waals surface area (Å²) >= 11 is 0. The van der Waals surface area contributed by atoms with Crippen LogP contribution in [-0.2, 0) is 4.79 Å². The van der Waals surface area contributed by atoms with Gasteiger partial charge in [-0.05, 0) is 13.0 Å². The Bertz CT molecular complexity index is 429. The number of halogens is 3. The number of aryl methyl sites for hydroxylation is 1. The molecule has 0 saturated carbocycles. The van der Waals surface area contributed by atoms with Gasteiger partial charge in [-0.15, -0.1) is 0 Å². The minimum Gasteiger partial charge on any atom is -0.292 e. The highest BCUT2D eigenvalue weighted by Crippen LogP contribution is 2.18. The highest BCUT2D eigenvalue weighted by Gasteiger charge is 2.39. The van der Waals surface area contributed by atoms with Crippen LogP contribution < -0.4 is 0 Å². The normalized spacial score (nSPS) is 11.2. The maximum absolute atomic E-state index is 11.9. The molecule has 0 aliphatic rings. The Kier molecular flexibility index (Phi) is 3.36. The average Bonchev–Trinajstić information content (AvgIpc) is 2.16. The molecule has 0 spiro atoms. The van der Waals surface area contributed by atoms with Gasteiger partial charge >= 0.3 is 6.18 Å². The van der Waals surface area contributed by atoms with E-state index in [9.17, 15) is 22.8 Å². The topological polar surface area (TPSA) is 59.9 Å². The summed E-state index contributed by atoms with van der Waals surface area (Å²) in [4.78, 5) is 29.0. The number of hydrogen-bond donors (Lipinski definition) is 0. The Morgan fingerprint density at radius 2 is 1.94 bits per heavy atom. The molecule has 0 bridgehead atoms. The molecule has 0 aliphatic carbocycles. The molecule has 0 saturated heterocycles. The maximum Gasteiger partial charge on any atom is 0.450 e. The Balaban J connectivity index is 2.78. The van der Waals surface area contributed by atoms with Crippen LogP contribution in [0.4, 0.5) is 13.2 Å². The molecule has 4 nitrogen and oxygen atoms in total. The predicted molar refractivity (Wildman–Crippen MR) is 46.8 cm³/mol. The Labute approximate surface area is 88.5 Å². The summed E-state index contributed by atoms with van der Waals surface area (Å²) in [5, 5.41) is 0. The van der Waals surface area contributed by atoms with Crippen LogP contribution in [0.25, 0.3) is 0 Å². The number of carbonyl (C=O) groups excluding carboxylic acids is 2. The van der Waals surface area contributed by atoms with Gasteiger partial charge in [0.2, 0.25) is 5.78 Å². The molecular formula is C9H7F3N2O2. The first kappa shape index (κ1) is 12.3. The van der Waals surface area contributed by atoms with E-state index in [1.165, 1.54) is 6.07 Å². The SMILES string of the molecule is Cc1cc(C(=O)CC(=O)C(F)(F)F)ncn1. The van der Waals surface area contributed by atoms with Crippen molar-refractivity contribution < 1.29 is 22.8 Å². The van der Waals surface area contributed by atoms with Crippen LogP contribution in [0.2, 0.25) is 0 Å². The fourth-order valence-electron chi connectivity index (χ4n) is 0.944. The van der Waals surface area contributed by atoms with Gasteiger partial charge in [-0.3, -0.25) is 9.59 Å². The van der Waals surface area contributed by atoms with E-state index in [4.69, 9.17) is 0 Å². The molecule has 0 aliphatic heterocycles. The number of ketones is 2. The lowest BCUT2D eigenvalue weighted by atomic mass is 10.1. The van der Waals surface area contributed by atoms with Gasteiger partial charge in [0.25, 0.3) is 0 Å². The summed E-state index contributed by atoms with van der Waals surface area (Å²) in [5.41, 5.74) is 0.253. The average molecular weight is 232 g/mol. The van der Waals surface area contributed by atoms with E-state index in [-0.39, 0.29) is 5.69 Å². The molecule has 0 N–H and O–H groups in total. The van der Waals surface area contributed by atoms with Crippen molar-refractivity contribution >= 4 is 11.6 Å². The third kappa shape index (κ3) is 3.11. The number of nitrogens with zero attached hydrogens (tertiary/aromatic N) is 2. The summed E-state index contributed by atoms with van der Waals surface area (Å²) < 4.78 is 35.6. The minimum absolute atomic E-state index is 0.190. The molecule has 1 aromatic rings. The summed E-state index contributed by atoms with van der Waals surface area (Å²) in [6.07, 6.45) is -5.15. The molecule has 7 heteroatoms. The van der Waals surface area contributed by atoms with E-state index in [0.717, 1.165) is 6.33 Å². The smallest absolute Gasteiger partial charge is 0.292 e. The van der Waals surface area contributed by atoms with Gasteiger partial charge in [0.05, 0.1) is 6.42 Å². The van der Waals surface area contributed by atoms with Crippen molar-refractivity contribution in [3.05, 3.63) is 23.8 Å². The number of carbonyl (C=O) groups is 2. The molecule has 0 atom stereocenters. The first-order valence-electron chi connectivity index (χ1n) is 4.22. The van der Waals surface area contributed by atoms with Gasteiger partial charge in [-0.2, -0.15) is 13.2 Å². The van der Waals surface area contributed by atoms with Crippen molar-refractivity contribution in [2.24, 2.45) is 0 Å². The van der Waals surface area contributed by atoms with Crippen LogP contribution in [0.5, 0.6) is 0 Å². The third-order valence-electron chi connectivity index (χ3n) is 1.73. The molecule has 1 aromatic heterocycles. The van der Waals surface area contributed by atoms with Crippen LogP contribution in [0.15, 0.2) is 12.4 Å². The molecule has 1 rings (SSSR count). The fourth-order valence-corrected chi connectivity index (χ4v) is 0.944. The van der Waals surface area contributed by atoms with Crippen LogP contribution in [0.1, 0.15) is 22.6 Å². The van der Waals surface area contributed by atoms with Gasteiger partial charge in [0.1, 0.15) is 12.0 Å². The standard InChI is InChI=1S/C9H7F3N2O2/c1-5-2-6(14-4-13-5)7(15)3-8(16)9(10,11)12/h2,4H,3H2,1H3. The quantitative estimate of drug-likeness (QED) is 0.585. The second-order valence-electron chi connectivity index (χ2n) is 3.07. The van der Waals surface area contributed by atoms with Gasteiger partial charge in [0, 0.05) is 5.69 Å². The van der Waals surface area contributed by atoms with Crippen LogP contribution in [0, 0.1) is 6.92 Å². The number of alkyl halides is 3. The second kappa shape index (κ2) is 4.38. The summed E-state index contributed by atoms with van der Waals surface area (Å²) in [5.74, 6) is -3.04. The van der Waals surface area contributed by atoms with Crippen molar-refractivity contribution in [2.45, 2.75) is 19.5 Å². The fraction of sp³-hybridized carbons (Fsp3) is 0.333. The molecule has 0 unspecified atom stereocenters. The van der Waals surface area contributed by atoms with E-state index in [0.29, 0.717) is 5.69 Å². The van der Waals surface area contributed by atoms with Gasteiger partial charge < -0.3 is 0 Å². The summed E-state index contributed by atoms with van der Waals surface area (Å²) in [6, 6.07) is 1.23. The van der Waals surface area contributed by atoms with Gasteiger partial charge in [-0.25, -0.2) is 9.97 Å². The number of rotatable bonds is 3. The molecule has 0 fully saturated rings. The van der Waals surface area contributed by atoms with Crippen molar-refractivity contribution in [1.29, 1.82) is 0 Å². The highest BCUT2D eigenvalue weighted by atomic mass is 19.4. The molecule has 0 aromatic carbocycles. The number of hydrogen-bond acceptors (Lipinski definition) is 4. The Morgan fingerprint density at radius 3 is 2.44 bits per heavy atom. The van der Waals surface area contributed by atoms with E-state index in [1.807, 2.05) is 0 Å². The van der Waals surface area contributed by atoms with Crippen molar-refractivity contribution in [1.82, 2.24) is 9.97 Å². The lowest BCUT2D eigenvalue weighted by molar-refractivity contribution is -0.170. The van der Waals surface area contributed by atoms with Gasteiger partial charge in [0.15, 0.2) is 5.78 Å². The van der Waals surface area contributed by atoms with E-state index in [2.05, 4.69) is 9.97 Å². The first-order chi connectivity index (χ1) is 7.30. The van der Waals surface area contributed by atoms with Gasteiger partial charge in [-0.1, -0.05) is 0 Å². The zero-order valence-electron chi connectivity index (χ0n) is 8.21. The monoisotopic (exact) mass is 232 g/mol. The number of Topliss-reactive ketones (excluding diaryl/α,β-unsaturated/α-hetero) is 2. The Morgan fingerprint density at radius 1 is 1.31 bits per heavy atom. The lowest BCUT2D eigenvalue weighted by Crippen LogP contribution is -2.25. The molecule has 1 heterocycles. The molecule has 0 radical (unpaired) electrons. The van der Waals surface area contributed by atoms with Crippen molar-refractivity contribution in [3.8, 4) is 0 Å². The predicted octanol–water partition coefficient (Wildman–Crippen LogP) is 1.49. The summed E-state index contributed by atoms with van der Waals surface area (Å²) in [7, 11) is 0. The van der Waals surface area contributed by atoms with E-state index in [1.54, 1.807) is 6.92 Å².